The number of para-hydroxylation sites is 1. The van der Waals surface area contributed by atoms with Gasteiger partial charge in [0.25, 0.3) is 0 Å². The number of aromatic hydroxyl groups is 1. The number of hydrogen-bond donors (Lipinski definition) is 3. The molecule has 0 radical (unpaired) electrons. The summed E-state index contributed by atoms with van der Waals surface area (Å²) in [5, 5.41) is 15.8. The standard InChI is InChI=1S/C30H30N2O4/c1-19(2)27-18-26(14-15-28(27)33)36-29-20(3)16-23(17-21(29)4)32-30(34)31-22-10-12-25(13-11-22)35-24-8-6-5-7-9-24/h5-19,33H,1-4H3,(H2,31,32,34). The van der Waals surface area contributed by atoms with Gasteiger partial charge in [0.2, 0.25) is 0 Å². The number of rotatable bonds is 7. The van der Waals surface area contributed by atoms with Gasteiger partial charge in [-0.05, 0) is 97.6 Å². The molecule has 4 aromatic rings. The van der Waals surface area contributed by atoms with E-state index < -0.39 is 0 Å². The third-order valence-electron chi connectivity index (χ3n) is 5.65. The van der Waals surface area contributed by atoms with Gasteiger partial charge in [0.1, 0.15) is 28.7 Å². The molecule has 0 aliphatic heterocycles. The van der Waals surface area contributed by atoms with Crippen molar-refractivity contribution in [3.8, 4) is 28.7 Å². The topological polar surface area (TPSA) is 79.8 Å². The molecular formula is C30H30N2O4. The number of carbonyl (C=O) groups excluding carboxylic acids is 1. The van der Waals surface area contributed by atoms with E-state index in [0.717, 1.165) is 28.2 Å². The number of carbonyl (C=O) groups is 1. The first-order valence-corrected chi connectivity index (χ1v) is 11.8. The van der Waals surface area contributed by atoms with Crippen LogP contribution in [0.5, 0.6) is 28.7 Å². The van der Waals surface area contributed by atoms with Crippen molar-refractivity contribution in [3.05, 3.63) is 102 Å². The largest absolute Gasteiger partial charge is 0.508 e. The molecule has 2 amide bonds. The fourth-order valence-electron chi connectivity index (χ4n) is 3.88. The monoisotopic (exact) mass is 482 g/mol. The molecule has 184 valence electrons. The van der Waals surface area contributed by atoms with Crippen LogP contribution in [0.2, 0.25) is 0 Å². The van der Waals surface area contributed by atoms with Gasteiger partial charge in [0.15, 0.2) is 0 Å². The average Bonchev–Trinajstić information content (AvgIpc) is 2.84. The summed E-state index contributed by atoms with van der Waals surface area (Å²) in [6, 6.07) is 25.3. The SMILES string of the molecule is Cc1cc(NC(=O)Nc2ccc(Oc3ccccc3)cc2)cc(C)c1Oc1ccc(O)c(C(C)C)c1. The van der Waals surface area contributed by atoms with Crippen molar-refractivity contribution in [1.29, 1.82) is 0 Å². The van der Waals surface area contributed by atoms with Gasteiger partial charge in [-0.25, -0.2) is 4.79 Å². The Labute approximate surface area is 211 Å². The van der Waals surface area contributed by atoms with E-state index in [1.54, 1.807) is 36.4 Å². The lowest BCUT2D eigenvalue weighted by atomic mass is 10.0. The first kappa shape index (κ1) is 24.7. The van der Waals surface area contributed by atoms with E-state index in [1.165, 1.54) is 0 Å². The van der Waals surface area contributed by atoms with Crippen LogP contribution in [-0.4, -0.2) is 11.1 Å². The second-order valence-electron chi connectivity index (χ2n) is 8.94. The van der Waals surface area contributed by atoms with Crippen LogP contribution in [-0.2, 0) is 0 Å². The summed E-state index contributed by atoms with van der Waals surface area (Å²) in [4.78, 5) is 12.6. The van der Waals surface area contributed by atoms with E-state index in [-0.39, 0.29) is 17.7 Å². The minimum atomic E-state index is -0.348. The first-order valence-electron chi connectivity index (χ1n) is 11.8. The number of aryl methyl sites for hydroxylation is 2. The van der Waals surface area contributed by atoms with Crippen LogP contribution in [0.3, 0.4) is 0 Å². The van der Waals surface area contributed by atoms with Crippen LogP contribution in [0, 0.1) is 13.8 Å². The number of anilines is 2. The molecular weight excluding hydrogens is 452 g/mol. The Morgan fingerprint density at radius 1 is 0.722 bits per heavy atom. The average molecular weight is 483 g/mol. The Kier molecular flexibility index (Phi) is 7.44. The highest BCUT2D eigenvalue weighted by Crippen LogP contribution is 2.35. The molecule has 6 heteroatoms. The van der Waals surface area contributed by atoms with Gasteiger partial charge in [0.05, 0.1) is 0 Å². The van der Waals surface area contributed by atoms with Crippen LogP contribution in [0.15, 0.2) is 84.9 Å². The molecule has 0 saturated heterocycles. The molecule has 0 heterocycles. The summed E-state index contributed by atoms with van der Waals surface area (Å²) >= 11 is 0. The Balaban J connectivity index is 1.39. The zero-order valence-electron chi connectivity index (χ0n) is 20.8. The molecule has 0 spiro atoms. The van der Waals surface area contributed by atoms with Gasteiger partial charge < -0.3 is 25.2 Å². The first-order chi connectivity index (χ1) is 17.3. The lowest BCUT2D eigenvalue weighted by Crippen LogP contribution is -2.19. The van der Waals surface area contributed by atoms with Gasteiger partial charge >= 0.3 is 6.03 Å². The molecule has 6 nitrogen and oxygen atoms in total. The van der Waals surface area contributed by atoms with Crippen molar-refractivity contribution in [2.75, 3.05) is 10.6 Å². The number of nitrogens with one attached hydrogen (secondary N) is 2. The molecule has 0 unspecified atom stereocenters. The van der Waals surface area contributed by atoms with Crippen LogP contribution in [0.25, 0.3) is 0 Å². The minimum absolute atomic E-state index is 0.174. The lowest BCUT2D eigenvalue weighted by Gasteiger charge is -2.16. The van der Waals surface area contributed by atoms with Gasteiger partial charge in [0, 0.05) is 16.9 Å². The van der Waals surface area contributed by atoms with Crippen LogP contribution in [0.1, 0.15) is 36.5 Å². The van der Waals surface area contributed by atoms with Gasteiger partial charge in [-0.3, -0.25) is 0 Å². The third kappa shape index (κ3) is 6.16. The van der Waals surface area contributed by atoms with Gasteiger partial charge in [-0.2, -0.15) is 0 Å². The number of hydrogen-bond acceptors (Lipinski definition) is 4. The van der Waals surface area contributed by atoms with E-state index in [1.807, 2.05) is 76.2 Å². The summed E-state index contributed by atoms with van der Waals surface area (Å²) in [6.07, 6.45) is 0. The van der Waals surface area contributed by atoms with Crippen molar-refractivity contribution in [2.45, 2.75) is 33.6 Å². The molecule has 4 rings (SSSR count). The van der Waals surface area contributed by atoms with Crippen LogP contribution >= 0.6 is 0 Å². The van der Waals surface area contributed by atoms with Crippen LogP contribution < -0.4 is 20.1 Å². The summed E-state index contributed by atoms with van der Waals surface area (Å²) in [5.41, 5.74) is 3.90. The van der Waals surface area contributed by atoms with Crippen molar-refractivity contribution in [2.24, 2.45) is 0 Å². The van der Waals surface area contributed by atoms with E-state index in [9.17, 15) is 9.90 Å². The highest BCUT2D eigenvalue weighted by atomic mass is 16.5. The highest BCUT2D eigenvalue weighted by Gasteiger charge is 2.13. The summed E-state index contributed by atoms with van der Waals surface area (Å²) in [7, 11) is 0. The Morgan fingerprint density at radius 3 is 1.94 bits per heavy atom. The molecule has 0 saturated carbocycles. The Hall–Kier alpha value is -4.45. The fourth-order valence-corrected chi connectivity index (χ4v) is 3.88. The van der Waals surface area contributed by atoms with Gasteiger partial charge in [-0.15, -0.1) is 0 Å². The smallest absolute Gasteiger partial charge is 0.323 e. The van der Waals surface area contributed by atoms with Crippen molar-refractivity contribution >= 4 is 17.4 Å². The summed E-state index contributed by atoms with van der Waals surface area (Å²) in [5.74, 6) is 3.24. The molecule has 0 bridgehead atoms. The number of amides is 2. The zero-order chi connectivity index (χ0) is 25.7. The minimum Gasteiger partial charge on any atom is -0.508 e. The van der Waals surface area contributed by atoms with E-state index >= 15 is 0 Å². The van der Waals surface area contributed by atoms with Crippen molar-refractivity contribution in [3.63, 3.8) is 0 Å². The van der Waals surface area contributed by atoms with Crippen LogP contribution in [0.4, 0.5) is 16.2 Å². The van der Waals surface area contributed by atoms with Gasteiger partial charge in [-0.1, -0.05) is 32.0 Å². The van der Waals surface area contributed by atoms with E-state index in [2.05, 4.69) is 10.6 Å². The quantitative estimate of drug-likeness (QED) is 0.247. The lowest BCUT2D eigenvalue weighted by molar-refractivity contribution is 0.262. The van der Waals surface area contributed by atoms with E-state index in [0.29, 0.717) is 22.9 Å². The second-order valence-corrected chi connectivity index (χ2v) is 8.94. The molecule has 0 atom stereocenters. The second kappa shape index (κ2) is 10.9. The maximum atomic E-state index is 12.6. The summed E-state index contributed by atoms with van der Waals surface area (Å²) in [6.45, 7) is 7.91. The Morgan fingerprint density at radius 2 is 1.31 bits per heavy atom. The number of benzene rings is 4. The number of urea groups is 1. The molecule has 0 fully saturated rings. The van der Waals surface area contributed by atoms with E-state index in [4.69, 9.17) is 9.47 Å². The number of phenolic OH excluding ortho intramolecular Hbond substituents is 1. The molecule has 36 heavy (non-hydrogen) atoms. The molecule has 4 aromatic carbocycles. The predicted molar refractivity (Wildman–Crippen MR) is 144 cm³/mol. The van der Waals surface area contributed by atoms with Crippen molar-refractivity contribution < 1.29 is 19.4 Å². The number of phenols is 1. The predicted octanol–water partition coefficient (Wildman–Crippen LogP) is 8.36. The molecule has 3 N–H and O–H groups in total. The third-order valence-corrected chi connectivity index (χ3v) is 5.65. The fraction of sp³-hybridized carbons (Fsp3) is 0.167. The number of ether oxygens (including phenoxy) is 2. The zero-order valence-corrected chi connectivity index (χ0v) is 20.8. The molecule has 0 aromatic heterocycles. The maximum Gasteiger partial charge on any atom is 0.323 e. The summed E-state index contributed by atoms with van der Waals surface area (Å²) < 4.78 is 11.9. The molecule has 0 aliphatic rings. The maximum absolute atomic E-state index is 12.6. The van der Waals surface area contributed by atoms with Crippen molar-refractivity contribution in [1.82, 2.24) is 0 Å². The molecule has 0 aliphatic carbocycles. The normalized spacial score (nSPS) is 10.7. The highest BCUT2D eigenvalue weighted by molar-refractivity contribution is 6.00. The Bertz CT molecular complexity index is 1330.